The smallest absolute Gasteiger partial charge is 0.329 e. The Labute approximate surface area is 152 Å². The molecule has 25 heavy (non-hydrogen) atoms. The van der Waals surface area contributed by atoms with Crippen molar-refractivity contribution in [3.8, 4) is 6.07 Å². The highest BCUT2D eigenvalue weighted by Crippen LogP contribution is 2.22. The molecule has 5 nitrogen and oxygen atoms in total. The zero-order valence-corrected chi connectivity index (χ0v) is 15.2. The van der Waals surface area contributed by atoms with Crippen LogP contribution in [0.3, 0.4) is 0 Å². The predicted molar refractivity (Wildman–Crippen MR) is 97.4 cm³/mol. The molecule has 2 rings (SSSR count). The van der Waals surface area contributed by atoms with Gasteiger partial charge in [-0.25, -0.2) is 9.78 Å². The zero-order chi connectivity index (χ0) is 18.4. The second-order valence-electron chi connectivity index (χ2n) is 6.59. The van der Waals surface area contributed by atoms with E-state index in [0.29, 0.717) is 17.8 Å². The van der Waals surface area contributed by atoms with Crippen LogP contribution >= 0.6 is 11.6 Å². The molecule has 130 valence electrons. The Hall–Kier alpha value is -2.58. The monoisotopic (exact) mass is 357 g/mol. The van der Waals surface area contributed by atoms with Crippen molar-refractivity contribution in [1.29, 1.82) is 5.26 Å². The molecule has 1 unspecified atom stereocenters. The van der Waals surface area contributed by atoms with E-state index in [2.05, 4.69) is 10.3 Å². The quantitative estimate of drug-likeness (QED) is 0.819. The molecule has 0 aliphatic rings. The summed E-state index contributed by atoms with van der Waals surface area (Å²) in [5.41, 5.74) is 0.735. The Morgan fingerprint density at radius 3 is 2.60 bits per heavy atom. The first-order valence-corrected chi connectivity index (χ1v) is 8.25. The molecule has 0 bridgehead atoms. The first kappa shape index (κ1) is 18.8. The van der Waals surface area contributed by atoms with Gasteiger partial charge in [-0.1, -0.05) is 41.9 Å². The van der Waals surface area contributed by atoms with Gasteiger partial charge in [0.25, 0.3) is 0 Å². The van der Waals surface area contributed by atoms with Crippen LogP contribution in [-0.4, -0.2) is 22.6 Å². The third-order valence-electron chi connectivity index (χ3n) is 3.26. The van der Waals surface area contributed by atoms with Crippen molar-refractivity contribution in [1.82, 2.24) is 4.98 Å². The van der Waals surface area contributed by atoms with Crippen molar-refractivity contribution in [3.63, 3.8) is 0 Å². The molecular formula is C19H20ClN3O2. The van der Waals surface area contributed by atoms with Crippen molar-refractivity contribution in [2.24, 2.45) is 0 Å². The van der Waals surface area contributed by atoms with Gasteiger partial charge in [0, 0.05) is 12.6 Å². The maximum Gasteiger partial charge on any atom is 0.329 e. The molecule has 0 spiro atoms. The van der Waals surface area contributed by atoms with E-state index in [1.807, 2.05) is 57.2 Å². The van der Waals surface area contributed by atoms with Crippen LogP contribution in [0.4, 0.5) is 5.82 Å². The predicted octanol–water partition coefficient (Wildman–Crippen LogP) is 3.97. The number of aromatic nitrogens is 1. The number of nitrogens with one attached hydrogen (secondary N) is 1. The van der Waals surface area contributed by atoms with Gasteiger partial charge in [-0.15, -0.1) is 0 Å². The normalized spacial score (nSPS) is 12.1. The van der Waals surface area contributed by atoms with Gasteiger partial charge in [0.1, 0.15) is 23.5 Å². The van der Waals surface area contributed by atoms with E-state index in [9.17, 15) is 4.79 Å². The second kappa shape index (κ2) is 8.00. The van der Waals surface area contributed by atoms with Gasteiger partial charge in [-0.05, 0) is 32.4 Å². The van der Waals surface area contributed by atoms with E-state index in [-0.39, 0.29) is 5.02 Å². The minimum atomic E-state index is -0.653. The maximum atomic E-state index is 12.6. The largest absolute Gasteiger partial charge is 0.458 e. The lowest BCUT2D eigenvalue weighted by Gasteiger charge is -2.25. The molecule has 0 saturated carbocycles. The minimum absolute atomic E-state index is 0.278. The van der Waals surface area contributed by atoms with Crippen molar-refractivity contribution in [2.75, 3.05) is 5.32 Å². The standard InChI is InChI=1S/C19H20ClN3O2/c1-19(2,3)25-18(24)16(10-13-7-5-4-6-8-13)23-17-15(20)9-14(11-21)12-22-17/h4-9,12,16H,10H2,1-3H3,(H,22,23). The van der Waals surface area contributed by atoms with Gasteiger partial charge in [-0.2, -0.15) is 5.26 Å². The van der Waals surface area contributed by atoms with Crippen LogP contribution in [0.15, 0.2) is 42.6 Å². The topological polar surface area (TPSA) is 75.0 Å². The summed E-state index contributed by atoms with van der Waals surface area (Å²) in [7, 11) is 0. The fourth-order valence-electron chi connectivity index (χ4n) is 2.19. The van der Waals surface area contributed by atoms with Crippen molar-refractivity contribution in [2.45, 2.75) is 38.8 Å². The molecule has 0 aliphatic carbocycles. The number of benzene rings is 1. The van der Waals surface area contributed by atoms with Crippen LogP contribution in [0.1, 0.15) is 31.9 Å². The van der Waals surface area contributed by atoms with Gasteiger partial charge in [0.15, 0.2) is 0 Å². The van der Waals surface area contributed by atoms with Gasteiger partial charge in [-0.3, -0.25) is 0 Å². The molecule has 0 fully saturated rings. The summed E-state index contributed by atoms with van der Waals surface area (Å²) in [6, 6.07) is 12.4. The summed E-state index contributed by atoms with van der Waals surface area (Å²) in [6.07, 6.45) is 1.83. The highest BCUT2D eigenvalue weighted by Gasteiger charge is 2.26. The van der Waals surface area contributed by atoms with Crippen molar-refractivity contribution in [3.05, 3.63) is 58.7 Å². The fraction of sp³-hybridized carbons (Fsp3) is 0.316. The molecule has 0 aliphatic heterocycles. The van der Waals surface area contributed by atoms with E-state index < -0.39 is 17.6 Å². The number of ether oxygens (including phenoxy) is 1. The number of carbonyl (C=O) groups is 1. The van der Waals surface area contributed by atoms with E-state index in [4.69, 9.17) is 21.6 Å². The van der Waals surface area contributed by atoms with Crippen molar-refractivity contribution >= 4 is 23.4 Å². The van der Waals surface area contributed by atoms with E-state index >= 15 is 0 Å². The van der Waals surface area contributed by atoms with Crippen LogP contribution in [0, 0.1) is 11.3 Å². The van der Waals surface area contributed by atoms with Gasteiger partial charge in [0.2, 0.25) is 0 Å². The fourth-order valence-corrected chi connectivity index (χ4v) is 2.41. The molecule has 2 aromatic rings. The van der Waals surface area contributed by atoms with Crippen molar-refractivity contribution < 1.29 is 9.53 Å². The Morgan fingerprint density at radius 1 is 1.36 bits per heavy atom. The van der Waals surface area contributed by atoms with E-state index in [0.717, 1.165) is 5.56 Å². The Bertz CT molecular complexity index is 779. The highest BCUT2D eigenvalue weighted by atomic mass is 35.5. The summed E-state index contributed by atoms with van der Waals surface area (Å²) < 4.78 is 5.50. The third-order valence-corrected chi connectivity index (χ3v) is 3.54. The average Bonchev–Trinajstić information content (AvgIpc) is 2.55. The second-order valence-corrected chi connectivity index (χ2v) is 6.99. The highest BCUT2D eigenvalue weighted by molar-refractivity contribution is 6.33. The molecule has 0 amide bonds. The van der Waals surface area contributed by atoms with Crippen LogP contribution in [0.25, 0.3) is 0 Å². The summed E-state index contributed by atoms with van der Waals surface area (Å²) in [5.74, 6) is -0.0500. The van der Waals surface area contributed by atoms with Crippen LogP contribution in [0.2, 0.25) is 5.02 Å². The minimum Gasteiger partial charge on any atom is -0.458 e. The lowest BCUT2D eigenvalue weighted by atomic mass is 10.1. The molecular weight excluding hydrogens is 338 g/mol. The van der Waals surface area contributed by atoms with Gasteiger partial charge < -0.3 is 10.1 Å². The summed E-state index contributed by atoms with van der Waals surface area (Å²) >= 11 is 6.16. The number of nitrogens with zero attached hydrogens (tertiary/aromatic N) is 2. The number of rotatable bonds is 5. The number of halogens is 1. The maximum absolute atomic E-state index is 12.6. The number of hydrogen-bond acceptors (Lipinski definition) is 5. The van der Waals surface area contributed by atoms with E-state index in [1.165, 1.54) is 12.3 Å². The Balaban J connectivity index is 2.25. The number of carbonyl (C=O) groups excluding carboxylic acids is 1. The van der Waals surface area contributed by atoms with Gasteiger partial charge in [0.05, 0.1) is 10.6 Å². The number of hydrogen-bond donors (Lipinski definition) is 1. The Morgan fingerprint density at radius 2 is 2.04 bits per heavy atom. The molecule has 6 heteroatoms. The number of nitriles is 1. The first-order chi connectivity index (χ1) is 11.8. The number of anilines is 1. The SMILES string of the molecule is CC(C)(C)OC(=O)C(Cc1ccccc1)Nc1ncc(C#N)cc1Cl. The van der Waals surface area contributed by atoms with Crippen LogP contribution in [-0.2, 0) is 16.0 Å². The zero-order valence-electron chi connectivity index (χ0n) is 14.4. The summed E-state index contributed by atoms with van der Waals surface area (Å²) in [5, 5.41) is 12.2. The molecule has 1 atom stereocenters. The molecule has 0 saturated heterocycles. The van der Waals surface area contributed by atoms with Crippen LogP contribution < -0.4 is 5.32 Å². The molecule has 1 aromatic carbocycles. The lowest BCUT2D eigenvalue weighted by Crippen LogP contribution is -2.38. The molecule has 1 N–H and O–H groups in total. The lowest BCUT2D eigenvalue weighted by molar-refractivity contribution is -0.155. The summed E-state index contributed by atoms with van der Waals surface area (Å²) in [4.78, 5) is 16.7. The molecule has 0 radical (unpaired) electrons. The average molecular weight is 358 g/mol. The third kappa shape index (κ3) is 5.77. The number of esters is 1. The first-order valence-electron chi connectivity index (χ1n) is 7.87. The molecule has 1 aromatic heterocycles. The van der Waals surface area contributed by atoms with Gasteiger partial charge >= 0.3 is 5.97 Å². The van der Waals surface area contributed by atoms with Crippen LogP contribution in [0.5, 0.6) is 0 Å². The van der Waals surface area contributed by atoms with E-state index in [1.54, 1.807) is 0 Å². The Kier molecular flexibility index (Phi) is 6.00. The summed E-state index contributed by atoms with van der Waals surface area (Å²) in [6.45, 7) is 5.45. The number of pyridine rings is 1. The molecule has 1 heterocycles.